The Kier molecular flexibility index (Phi) is 4.33. The van der Waals surface area contributed by atoms with E-state index in [0.29, 0.717) is 16.8 Å². The Balaban J connectivity index is 1.90. The van der Waals surface area contributed by atoms with Gasteiger partial charge in [0, 0.05) is 12.4 Å². The molecule has 0 N–H and O–H groups in total. The maximum atomic E-state index is 13.1. The van der Waals surface area contributed by atoms with Crippen molar-refractivity contribution >= 4 is 11.0 Å². The van der Waals surface area contributed by atoms with Gasteiger partial charge in [-0.05, 0) is 42.0 Å². The van der Waals surface area contributed by atoms with Crippen LogP contribution in [0, 0.1) is 5.82 Å². The van der Waals surface area contributed by atoms with E-state index in [4.69, 9.17) is 0 Å². The Morgan fingerprint density at radius 1 is 0.815 bits per heavy atom. The highest BCUT2D eigenvalue weighted by atomic mass is 19.1. The summed E-state index contributed by atoms with van der Waals surface area (Å²) in [6.45, 7) is 0.248. The fourth-order valence-corrected chi connectivity index (χ4v) is 2.96. The van der Waals surface area contributed by atoms with Crippen molar-refractivity contribution in [2.45, 2.75) is 13.1 Å². The Labute approximate surface area is 153 Å². The number of fused-ring (bicyclic) bond motifs is 1. The number of benzene rings is 1. The minimum atomic E-state index is -0.475. The van der Waals surface area contributed by atoms with Crippen molar-refractivity contribution in [3.8, 4) is 0 Å². The van der Waals surface area contributed by atoms with Gasteiger partial charge in [0.15, 0.2) is 5.52 Å². The van der Waals surface area contributed by atoms with E-state index in [-0.39, 0.29) is 24.4 Å². The smallest absolute Gasteiger partial charge is 0.286 e. The van der Waals surface area contributed by atoms with Crippen LogP contribution in [0.2, 0.25) is 0 Å². The molecule has 3 aromatic heterocycles. The fraction of sp³-hybridized carbons (Fsp3) is 0.100. The van der Waals surface area contributed by atoms with Crippen LogP contribution in [-0.2, 0) is 13.1 Å². The molecule has 1 aromatic carbocycles. The second-order valence-electron chi connectivity index (χ2n) is 6.08. The van der Waals surface area contributed by atoms with Gasteiger partial charge in [-0.3, -0.25) is 18.9 Å². The van der Waals surface area contributed by atoms with E-state index in [9.17, 15) is 14.0 Å². The lowest BCUT2D eigenvalue weighted by Crippen LogP contribution is -2.41. The average molecular weight is 362 g/mol. The summed E-state index contributed by atoms with van der Waals surface area (Å²) in [5.41, 5.74) is 1.06. The molecule has 0 fully saturated rings. The summed E-state index contributed by atoms with van der Waals surface area (Å²) in [6.07, 6.45) is 3.16. The van der Waals surface area contributed by atoms with Crippen LogP contribution in [0.1, 0.15) is 11.3 Å². The van der Waals surface area contributed by atoms with Crippen molar-refractivity contribution in [1.82, 2.24) is 19.1 Å². The molecule has 0 spiro atoms. The highest BCUT2D eigenvalue weighted by Crippen LogP contribution is 2.08. The molecule has 4 rings (SSSR count). The Hall–Kier alpha value is -3.61. The highest BCUT2D eigenvalue weighted by Gasteiger charge is 2.15. The summed E-state index contributed by atoms with van der Waals surface area (Å²) in [5, 5.41) is 0. The number of aromatic nitrogens is 4. The molecule has 27 heavy (non-hydrogen) atoms. The third-order valence-electron chi connectivity index (χ3n) is 4.29. The SMILES string of the molecule is O=c1c2ncccc2n(Cc2ccccn2)c(=O)n1Cc1ccc(F)cc1. The lowest BCUT2D eigenvalue weighted by molar-refractivity contribution is 0.617. The van der Waals surface area contributed by atoms with Crippen molar-refractivity contribution in [2.24, 2.45) is 0 Å². The number of rotatable bonds is 4. The lowest BCUT2D eigenvalue weighted by atomic mass is 10.2. The van der Waals surface area contributed by atoms with Crippen LogP contribution in [0.5, 0.6) is 0 Å². The van der Waals surface area contributed by atoms with E-state index in [0.717, 1.165) is 4.57 Å². The van der Waals surface area contributed by atoms with Crippen LogP contribution in [0.4, 0.5) is 4.39 Å². The molecule has 7 heteroatoms. The van der Waals surface area contributed by atoms with E-state index < -0.39 is 11.2 Å². The van der Waals surface area contributed by atoms with Crippen LogP contribution in [0.3, 0.4) is 0 Å². The highest BCUT2D eigenvalue weighted by molar-refractivity contribution is 5.73. The van der Waals surface area contributed by atoms with Gasteiger partial charge in [0.1, 0.15) is 5.82 Å². The van der Waals surface area contributed by atoms with Crippen molar-refractivity contribution in [2.75, 3.05) is 0 Å². The first kappa shape index (κ1) is 16.8. The molecule has 3 heterocycles. The molecule has 0 aliphatic rings. The molecule has 0 atom stereocenters. The van der Waals surface area contributed by atoms with Gasteiger partial charge in [-0.15, -0.1) is 0 Å². The zero-order chi connectivity index (χ0) is 18.8. The van der Waals surface area contributed by atoms with Crippen molar-refractivity contribution in [3.63, 3.8) is 0 Å². The molecule has 0 radical (unpaired) electrons. The van der Waals surface area contributed by atoms with E-state index in [1.54, 1.807) is 36.5 Å². The van der Waals surface area contributed by atoms with Crippen LogP contribution in [-0.4, -0.2) is 19.1 Å². The fourth-order valence-electron chi connectivity index (χ4n) is 2.96. The standard InChI is InChI=1S/C20H15FN4O2/c21-15-8-6-14(7-9-15)12-25-19(26)18-17(5-3-11-23-18)24(20(25)27)13-16-4-1-2-10-22-16/h1-11H,12-13H2. The molecule has 0 aliphatic heterocycles. The van der Waals surface area contributed by atoms with E-state index in [2.05, 4.69) is 9.97 Å². The van der Waals surface area contributed by atoms with Gasteiger partial charge in [-0.2, -0.15) is 0 Å². The van der Waals surface area contributed by atoms with E-state index >= 15 is 0 Å². The molecule has 0 aliphatic carbocycles. The van der Waals surface area contributed by atoms with Gasteiger partial charge in [-0.25, -0.2) is 14.2 Å². The average Bonchev–Trinajstić information content (AvgIpc) is 2.71. The van der Waals surface area contributed by atoms with Gasteiger partial charge >= 0.3 is 5.69 Å². The second kappa shape index (κ2) is 6.95. The molecule has 4 aromatic rings. The monoisotopic (exact) mass is 362 g/mol. The molecular formula is C20H15FN4O2. The summed E-state index contributed by atoms with van der Waals surface area (Å²) in [6, 6.07) is 14.5. The van der Waals surface area contributed by atoms with Gasteiger partial charge in [0.05, 0.1) is 24.3 Å². The van der Waals surface area contributed by atoms with Gasteiger partial charge < -0.3 is 0 Å². The van der Waals surface area contributed by atoms with Crippen LogP contribution in [0.15, 0.2) is 76.6 Å². The normalized spacial score (nSPS) is 11.0. The molecule has 0 unspecified atom stereocenters. The largest absolute Gasteiger partial charge is 0.332 e. The molecule has 0 bridgehead atoms. The van der Waals surface area contributed by atoms with Crippen LogP contribution in [0.25, 0.3) is 11.0 Å². The van der Waals surface area contributed by atoms with Gasteiger partial charge in [0.25, 0.3) is 5.56 Å². The Morgan fingerprint density at radius 2 is 1.59 bits per heavy atom. The lowest BCUT2D eigenvalue weighted by Gasteiger charge is -2.13. The van der Waals surface area contributed by atoms with Gasteiger partial charge in [0.2, 0.25) is 0 Å². The zero-order valence-electron chi connectivity index (χ0n) is 14.2. The molecule has 0 saturated heterocycles. The van der Waals surface area contributed by atoms with E-state index in [1.807, 2.05) is 12.1 Å². The van der Waals surface area contributed by atoms with Gasteiger partial charge in [-0.1, -0.05) is 18.2 Å². The second-order valence-corrected chi connectivity index (χ2v) is 6.08. The van der Waals surface area contributed by atoms with Crippen molar-refractivity contribution in [3.05, 3.63) is 105 Å². The van der Waals surface area contributed by atoms with E-state index in [1.165, 1.54) is 22.9 Å². The molecule has 134 valence electrons. The first-order chi connectivity index (χ1) is 13.1. The first-order valence-electron chi connectivity index (χ1n) is 8.36. The third-order valence-corrected chi connectivity index (χ3v) is 4.29. The maximum Gasteiger partial charge on any atom is 0.332 e. The predicted molar refractivity (Wildman–Crippen MR) is 99.1 cm³/mol. The number of nitrogens with zero attached hydrogens (tertiary/aromatic N) is 4. The summed E-state index contributed by atoms with van der Waals surface area (Å²) in [7, 11) is 0. The summed E-state index contributed by atoms with van der Waals surface area (Å²) in [4.78, 5) is 34.3. The predicted octanol–water partition coefficient (Wildman–Crippen LogP) is 2.19. The first-order valence-corrected chi connectivity index (χ1v) is 8.36. The minimum Gasteiger partial charge on any atom is -0.286 e. The molecule has 0 amide bonds. The minimum absolute atomic E-state index is 0.0344. The van der Waals surface area contributed by atoms with Crippen molar-refractivity contribution < 1.29 is 4.39 Å². The third kappa shape index (κ3) is 3.27. The summed E-state index contributed by atoms with van der Waals surface area (Å²) in [5.74, 6) is -0.376. The Bertz CT molecular complexity index is 1210. The summed E-state index contributed by atoms with van der Waals surface area (Å²) >= 11 is 0. The number of halogens is 1. The number of hydrogen-bond donors (Lipinski definition) is 0. The molecular weight excluding hydrogens is 347 g/mol. The quantitative estimate of drug-likeness (QED) is 0.558. The number of hydrogen-bond acceptors (Lipinski definition) is 4. The zero-order valence-corrected chi connectivity index (χ0v) is 14.2. The summed E-state index contributed by atoms with van der Waals surface area (Å²) < 4.78 is 15.7. The van der Waals surface area contributed by atoms with Crippen molar-refractivity contribution in [1.29, 1.82) is 0 Å². The van der Waals surface area contributed by atoms with Crippen LogP contribution < -0.4 is 11.2 Å². The number of pyridine rings is 2. The molecule has 0 saturated carbocycles. The Morgan fingerprint density at radius 3 is 2.33 bits per heavy atom. The molecule has 6 nitrogen and oxygen atoms in total. The van der Waals surface area contributed by atoms with Crippen LogP contribution >= 0.6 is 0 Å². The maximum absolute atomic E-state index is 13.1. The topological polar surface area (TPSA) is 69.8 Å².